The summed E-state index contributed by atoms with van der Waals surface area (Å²) in [5.74, 6) is 1.82. The fourth-order valence-corrected chi connectivity index (χ4v) is 4.51. The van der Waals surface area contributed by atoms with E-state index in [1.54, 1.807) is 18.0 Å². The number of nitrogens with one attached hydrogen (secondary N) is 1. The van der Waals surface area contributed by atoms with E-state index in [2.05, 4.69) is 32.3 Å². The predicted molar refractivity (Wildman–Crippen MR) is 126 cm³/mol. The number of benzene rings is 1. The van der Waals surface area contributed by atoms with Crippen LogP contribution in [0.25, 0.3) is 0 Å². The molecule has 1 aromatic carbocycles. The largest absolute Gasteiger partial charge is 0.357 e. The molecule has 0 aliphatic carbocycles. The van der Waals surface area contributed by atoms with E-state index >= 15 is 0 Å². The van der Waals surface area contributed by atoms with Gasteiger partial charge in [-0.1, -0.05) is 18.9 Å². The Hall–Kier alpha value is -2.86. The highest BCUT2D eigenvalue weighted by Gasteiger charge is 2.12. The Bertz CT molecular complexity index is 970. The van der Waals surface area contributed by atoms with Crippen LogP contribution in [0.3, 0.4) is 0 Å². The molecule has 1 amide bonds. The summed E-state index contributed by atoms with van der Waals surface area (Å²) in [5.41, 5.74) is 2.94. The second-order valence-corrected chi connectivity index (χ2v) is 8.83. The summed E-state index contributed by atoms with van der Waals surface area (Å²) in [5, 5.41) is 3.03. The topological polar surface area (TPSA) is 58.1 Å². The molecule has 1 fully saturated rings. The lowest BCUT2D eigenvalue weighted by Crippen LogP contribution is -2.26. The van der Waals surface area contributed by atoms with Crippen molar-refractivity contribution in [3.05, 3.63) is 83.8 Å². The van der Waals surface area contributed by atoms with Gasteiger partial charge in [0.15, 0.2) is 0 Å². The van der Waals surface area contributed by atoms with E-state index in [0.717, 1.165) is 35.1 Å². The molecule has 0 bridgehead atoms. The number of thioether (sulfide) groups is 1. The summed E-state index contributed by atoms with van der Waals surface area (Å²) in [6, 6.07) is 15.9. The Morgan fingerprint density at radius 1 is 0.968 bits per heavy atom. The molecule has 31 heavy (non-hydrogen) atoms. The standard InChI is InChI=1S/C25H28N4OS/c30-25(22-7-9-23(10-8-22)31-19-21-6-5-12-26-17-21)28-18-20-11-13-27-24(16-20)29-14-3-1-2-4-15-29/h5-13,16-17H,1-4,14-15,18-19H2,(H,28,30). The van der Waals surface area contributed by atoms with Crippen LogP contribution in [0.2, 0.25) is 0 Å². The van der Waals surface area contributed by atoms with Gasteiger partial charge in [0.1, 0.15) is 5.82 Å². The molecule has 1 N–H and O–H groups in total. The molecule has 4 rings (SSSR count). The SMILES string of the molecule is O=C(NCc1ccnc(N2CCCCCC2)c1)c1ccc(SCc2cccnc2)cc1. The molecular formula is C25H28N4OS. The van der Waals surface area contributed by atoms with E-state index in [0.29, 0.717) is 12.1 Å². The van der Waals surface area contributed by atoms with Gasteiger partial charge < -0.3 is 10.2 Å². The van der Waals surface area contributed by atoms with Crippen molar-refractivity contribution in [3.8, 4) is 0 Å². The minimum Gasteiger partial charge on any atom is -0.357 e. The van der Waals surface area contributed by atoms with Crippen molar-refractivity contribution in [1.29, 1.82) is 0 Å². The molecule has 0 unspecified atom stereocenters. The van der Waals surface area contributed by atoms with Crippen LogP contribution in [0, 0.1) is 0 Å². The Labute approximate surface area is 188 Å². The summed E-state index contributed by atoms with van der Waals surface area (Å²) in [6.07, 6.45) is 10.5. The number of hydrogen-bond acceptors (Lipinski definition) is 5. The van der Waals surface area contributed by atoms with Crippen LogP contribution in [-0.4, -0.2) is 29.0 Å². The summed E-state index contributed by atoms with van der Waals surface area (Å²) in [4.78, 5) is 24.8. The quantitative estimate of drug-likeness (QED) is 0.528. The van der Waals surface area contributed by atoms with E-state index in [1.165, 1.54) is 31.2 Å². The molecule has 1 aliphatic heterocycles. The van der Waals surface area contributed by atoms with Crippen LogP contribution in [0.1, 0.15) is 47.2 Å². The zero-order chi connectivity index (χ0) is 21.3. The van der Waals surface area contributed by atoms with Crippen molar-refractivity contribution in [1.82, 2.24) is 15.3 Å². The Balaban J connectivity index is 1.30. The maximum Gasteiger partial charge on any atom is 0.251 e. The van der Waals surface area contributed by atoms with Crippen LogP contribution in [0.15, 0.2) is 72.0 Å². The van der Waals surface area contributed by atoms with Crippen LogP contribution >= 0.6 is 11.8 Å². The third kappa shape index (κ3) is 6.31. The van der Waals surface area contributed by atoms with Crippen molar-refractivity contribution >= 4 is 23.5 Å². The van der Waals surface area contributed by atoms with Crippen molar-refractivity contribution < 1.29 is 4.79 Å². The van der Waals surface area contributed by atoms with Gasteiger partial charge in [0, 0.05) is 54.4 Å². The van der Waals surface area contributed by atoms with Crippen LogP contribution < -0.4 is 10.2 Å². The van der Waals surface area contributed by atoms with E-state index in [4.69, 9.17) is 0 Å². The van der Waals surface area contributed by atoms with Gasteiger partial charge in [0.2, 0.25) is 0 Å². The number of aromatic nitrogens is 2. The highest BCUT2D eigenvalue weighted by Crippen LogP contribution is 2.23. The van der Waals surface area contributed by atoms with Gasteiger partial charge in [-0.25, -0.2) is 4.98 Å². The van der Waals surface area contributed by atoms with Crippen molar-refractivity contribution in [2.24, 2.45) is 0 Å². The number of nitrogens with zero attached hydrogens (tertiary/aromatic N) is 3. The first-order chi connectivity index (χ1) is 15.3. The maximum atomic E-state index is 12.6. The third-order valence-corrected chi connectivity index (χ3v) is 6.52. The average Bonchev–Trinajstić information content (AvgIpc) is 3.12. The van der Waals surface area contributed by atoms with Crippen molar-refractivity contribution in [2.75, 3.05) is 18.0 Å². The predicted octanol–water partition coefficient (Wildman–Crippen LogP) is 5.08. The Morgan fingerprint density at radius 3 is 2.52 bits per heavy atom. The molecule has 1 aliphatic rings. The monoisotopic (exact) mass is 432 g/mol. The lowest BCUT2D eigenvalue weighted by molar-refractivity contribution is 0.0951. The first kappa shape index (κ1) is 21.4. The minimum atomic E-state index is -0.0584. The molecule has 2 aromatic heterocycles. The summed E-state index contributed by atoms with van der Waals surface area (Å²) in [7, 11) is 0. The van der Waals surface area contributed by atoms with Gasteiger partial charge in [-0.05, 0) is 66.4 Å². The second kappa shape index (κ2) is 11.0. The highest BCUT2D eigenvalue weighted by molar-refractivity contribution is 7.98. The highest BCUT2D eigenvalue weighted by atomic mass is 32.2. The van der Waals surface area contributed by atoms with Crippen molar-refractivity contribution in [2.45, 2.75) is 42.9 Å². The van der Waals surface area contributed by atoms with Gasteiger partial charge in [-0.3, -0.25) is 9.78 Å². The van der Waals surface area contributed by atoms with Crippen LogP contribution in [0.4, 0.5) is 5.82 Å². The molecule has 0 saturated carbocycles. The lowest BCUT2D eigenvalue weighted by atomic mass is 10.2. The molecule has 160 valence electrons. The molecule has 5 nitrogen and oxygen atoms in total. The van der Waals surface area contributed by atoms with Gasteiger partial charge in [-0.15, -0.1) is 11.8 Å². The van der Waals surface area contributed by atoms with Crippen LogP contribution in [-0.2, 0) is 12.3 Å². The number of amides is 1. The van der Waals surface area contributed by atoms with Crippen molar-refractivity contribution in [3.63, 3.8) is 0 Å². The van der Waals surface area contributed by atoms with E-state index < -0.39 is 0 Å². The molecular weight excluding hydrogens is 404 g/mol. The average molecular weight is 433 g/mol. The molecule has 0 spiro atoms. The Kier molecular flexibility index (Phi) is 7.56. The number of anilines is 1. The molecule has 0 atom stereocenters. The van der Waals surface area contributed by atoms with Gasteiger partial charge >= 0.3 is 0 Å². The fraction of sp³-hybridized carbons (Fsp3) is 0.320. The number of pyridine rings is 2. The lowest BCUT2D eigenvalue weighted by Gasteiger charge is -2.21. The zero-order valence-corrected chi connectivity index (χ0v) is 18.5. The third-order valence-electron chi connectivity index (χ3n) is 5.44. The molecule has 3 aromatic rings. The van der Waals surface area contributed by atoms with E-state index in [1.807, 2.05) is 48.8 Å². The summed E-state index contributed by atoms with van der Waals surface area (Å²) < 4.78 is 0. The minimum absolute atomic E-state index is 0.0584. The smallest absolute Gasteiger partial charge is 0.251 e. The van der Waals surface area contributed by atoms with Gasteiger partial charge in [-0.2, -0.15) is 0 Å². The first-order valence-electron chi connectivity index (χ1n) is 10.9. The number of carbonyl (C=O) groups is 1. The summed E-state index contributed by atoms with van der Waals surface area (Å²) >= 11 is 1.74. The molecule has 6 heteroatoms. The number of hydrogen-bond donors (Lipinski definition) is 1. The number of rotatable bonds is 7. The molecule has 3 heterocycles. The summed E-state index contributed by atoms with van der Waals surface area (Å²) in [6.45, 7) is 2.63. The first-order valence-corrected chi connectivity index (χ1v) is 11.9. The zero-order valence-electron chi connectivity index (χ0n) is 17.7. The molecule has 1 saturated heterocycles. The van der Waals surface area contributed by atoms with Crippen LogP contribution in [0.5, 0.6) is 0 Å². The van der Waals surface area contributed by atoms with E-state index in [-0.39, 0.29) is 5.91 Å². The maximum absolute atomic E-state index is 12.6. The van der Waals surface area contributed by atoms with E-state index in [9.17, 15) is 4.79 Å². The second-order valence-electron chi connectivity index (χ2n) is 7.78. The normalized spacial score (nSPS) is 14.1. The fourth-order valence-electron chi connectivity index (χ4n) is 3.68. The Morgan fingerprint density at radius 2 is 1.77 bits per heavy atom. The number of carbonyl (C=O) groups excluding carboxylic acids is 1. The van der Waals surface area contributed by atoms with Gasteiger partial charge in [0.05, 0.1) is 0 Å². The molecule has 0 radical (unpaired) electrons. The van der Waals surface area contributed by atoms with Gasteiger partial charge in [0.25, 0.3) is 5.91 Å².